The van der Waals surface area contributed by atoms with Gasteiger partial charge in [0, 0.05) is 18.5 Å². The van der Waals surface area contributed by atoms with E-state index >= 15 is 0 Å². The third kappa shape index (κ3) is 2.92. The molecule has 2 heteroatoms. The Kier molecular flexibility index (Phi) is 3.60. The maximum Gasteiger partial charge on any atom is 0.0992 e. The maximum absolute atomic E-state index is 10.6. The molecule has 2 aromatic carbocycles. The lowest BCUT2D eigenvalue weighted by Crippen LogP contribution is -2.36. The van der Waals surface area contributed by atoms with Crippen molar-refractivity contribution in [3.63, 3.8) is 0 Å². The number of nitrogens with one attached hydrogen (secondary N) is 1. The van der Waals surface area contributed by atoms with Crippen molar-refractivity contribution in [1.82, 2.24) is 5.32 Å². The Morgan fingerprint density at radius 2 is 1.65 bits per heavy atom. The molecule has 2 nitrogen and oxygen atoms in total. The van der Waals surface area contributed by atoms with E-state index in [0.717, 1.165) is 12.0 Å². The maximum atomic E-state index is 10.6. The third-order valence-electron chi connectivity index (χ3n) is 4.12. The Morgan fingerprint density at radius 1 is 1.05 bits per heavy atom. The lowest BCUT2D eigenvalue weighted by atomic mass is 9.96. The van der Waals surface area contributed by atoms with Gasteiger partial charge in [0.1, 0.15) is 0 Å². The van der Waals surface area contributed by atoms with Crippen LogP contribution in [0.4, 0.5) is 0 Å². The highest BCUT2D eigenvalue weighted by atomic mass is 16.3. The lowest BCUT2D eigenvalue weighted by Gasteiger charge is -2.24. The standard InChI is InChI=1S/C18H21NO/c1-18(20,15-10-6-3-7-11-15)13-19-17-12-16(17)14-8-4-2-5-9-14/h2-11,16-17,19-20H,12-13H2,1H3. The van der Waals surface area contributed by atoms with E-state index in [0.29, 0.717) is 18.5 Å². The van der Waals surface area contributed by atoms with Crippen LogP contribution >= 0.6 is 0 Å². The highest BCUT2D eigenvalue weighted by Crippen LogP contribution is 2.40. The molecule has 0 radical (unpaired) electrons. The molecule has 1 fully saturated rings. The second-order valence-corrected chi connectivity index (χ2v) is 5.88. The largest absolute Gasteiger partial charge is 0.384 e. The van der Waals surface area contributed by atoms with E-state index < -0.39 is 5.60 Å². The first-order valence-corrected chi connectivity index (χ1v) is 7.23. The highest BCUT2D eigenvalue weighted by Gasteiger charge is 2.39. The molecule has 3 unspecified atom stereocenters. The van der Waals surface area contributed by atoms with Crippen molar-refractivity contribution >= 4 is 0 Å². The Hall–Kier alpha value is -1.64. The Bertz CT molecular complexity index is 550. The van der Waals surface area contributed by atoms with Crippen LogP contribution in [0, 0.1) is 0 Å². The van der Waals surface area contributed by atoms with E-state index in [1.807, 2.05) is 37.3 Å². The third-order valence-corrected chi connectivity index (χ3v) is 4.12. The molecule has 3 rings (SSSR count). The van der Waals surface area contributed by atoms with Gasteiger partial charge in [-0.1, -0.05) is 60.7 Å². The fourth-order valence-electron chi connectivity index (χ4n) is 2.72. The Balaban J connectivity index is 1.56. The molecule has 0 spiro atoms. The van der Waals surface area contributed by atoms with Crippen LogP contribution in [0.3, 0.4) is 0 Å². The van der Waals surface area contributed by atoms with Crippen LogP contribution in [-0.2, 0) is 5.60 Å². The average Bonchev–Trinajstić information content (AvgIpc) is 3.27. The summed E-state index contributed by atoms with van der Waals surface area (Å²) in [6, 6.07) is 20.9. The summed E-state index contributed by atoms with van der Waals surface area (Å²) in [7, 11) is 0. The lowest BCUT2D eigenvalue weighted by molar-refractivity contribution is 0.0564. The van der Waals surface area contributed by atoms with E-state index in [4.69, 9.17) is 0 Å². The number of aliphatic hydroxyl groups is 1. The summed E-state index contributed by atoms with van der Waals surface area (Å²) in [4.78, 5) is 0. The van der Waals surface area contributed by atoms with Crippen LogP contribution < -0.4 is 5.32 Å². The number of hydrogen-bond donors (Lipinski definition) is 2. The molecule has 1 aliphatic rings. The smallest absolute Gasteiger partial charge is 0.0992 e. The molecule has 0 heterocycles. The van der Waals surface area contributed by atoms with E-state index in [1.54, 1.807) is 0 Å². The summed E-state index contributed by atoms with van der Waals surface area (Å²) in [6.07, 6.45) is 1.16. The topological polar surface area (TPSA) is 32.3 Å². The van der Waals surface area contributed by atoms with Crippen molar-refractivity contribution in [3.8, 4) is 0 Å². The zero-order chi connectivity index (χ0) is 14.0. The van der Waals surface area contributed by atoms with E-state index in [2.05, 4.69) is 35.6 Å². The molecule has 0 aliphatic heterocycles. The first-order valence-electron chi connectivity index (χ1n) is 7.23. The summed E-state index contributed by atoms with van der Waals surface area (Å²) in [5.74, 6) is 0.600. The minimum atomic E-state index is -0.814. The molecule has 20 heavy (non-hydrogen) atoms. The molecular formula is C18H21NO. The van der Waals surface area contributed by atoms with Crippen LogP contribution in [0.2, 0.25) is 0 Å². The van der Waals surface area contributed by atoms with Gasteiger partial charge >= 0.3 is 0 Å². The minimum absolute atomic E-state index is 0.493. The zero-order valence-electron chi connectivity index (χ0n) is 11.8. The molecular weight excluding hydrogens is 246 g/mol. The molecule has 2 aromatic rings. The first kappa shape index (κ1) is 13.3. The van der Waals surface area contributed by atoms with Gasteiger partial charge in [-0.2, -0.15) is 0 Å². The molecule has 1 saturated carbocycles. The van der Waals surface area contributed by atoms with Gasteiger partial charge in [0.2, 0.25) is 0 Å². The van der Waals surface area contributed by atoms with Crippen molar-refractivity contribution in [1.29, 1.82) is 0 Å². The zero-order valence-corrected chi connectivity index (χ0v) is 11.8. The molecule has 0 bridgehead atoms. The summed E-state index contributed by atoms with van der Waals surface area (Å²) in [5, 5.41) is 14.1. The molecule has 2 N–H and O–H groups in total. The molecule has 1 aliphatic carbocycles. The number of rotatable bonds is 5. The Morgan fingerprint density at radius 3 is 2.30 bits per heavy atom. The molecule has 104 valence electrons. The minimum Gasteiger partial charge on any atom is -0.384 e. The predicted octanol–water partition coefficient (Wildman–Crippen LogP) is 3.04. The summed E-state index contributed by atoms with van der Waals surface area (Å²) >= 11 is 0. The summed E-state index contributed by atoms with van der Waals surface area (Å²) < 4.78 is 0. The monoisotopic (exact) mass is 267 g/mol. The van der Waals surface area contributed by atoms with Crippen LogP contribution in [0.1, 0.15) is 30.4 Å². The molecule has 3 atom stereocenters. The van der Waals surface area contributed by atoms with Crippen LogP contribution in [0.25, 0.3) is 0 Å². The molecule has 0 saturated heterocycles. The number of hydrogen-bond acceptors (Lipinski definition) is 2. The molecule has 0 amide bonds. The van der Waals surface area contributed by atoms with Gasteiger partial charge < -0.3 is 10.4 Å². The van der Waals surface area contributed by atoms with Crippen LogP contribution in [-0.4, -0.2) is 17.7 Å². The van der Waals surface area contributed by atoms with Crippen molar-refractivity contribution < 1.29 is 5.11 Å². The van der Waals surface area contributed by atoms with Gasteiger partial charge in [-0.25, -0.2) is 0 Å². The Labute approximate surface area is 120 Å². The first-order chi connectivity index (χ1) is 9.67. The quantitative estimate of drug-likeness (QED) is 0.872. The normalized spacial score (nSPS) is 24.1. The van der Waals surface area contributed by atoms with Gasteiger partial charge in [0.25, 0.3) is 0 Å². The second kappa shape index (κ2) is 5.39. The SMILES string of the molecule is CC(O)(CNC1CC1c1ccccc1)c1ccccc1. The van der Waals surface area contributed by atoms with Gasteiger partial charge in [0.05, 0.1) is 5.60 Å². The van der Waals surface area contributed by atoms with E-state index in [9.17, 15) is 5.11 Å². The fourth-order valence-corrected chi connectivity index (χ4v) is 2.72. The van der Waals surface area contributed by atoms with E-state index in [1.165, 1.54) is 5.56 Å². The van der Waals surface area contributed by atoms with Crippen LogP contribution in [0.5, 0.6) is 0 Å². The second-order valence-electron chi connectivity index (χ2n) is 5.88. The van der Waals surface area contributed by atoms with Crippen molar-refractivity contribution in [2.75, 3.05) is 6.54 Å². The number of benzene rings is 2. The van der Waals surface area contributed by atoms with Gasteiger partial charge in [-0.3, -0.25) is 0 Å². The average molecular weight is 267 g/mol. The predicted molar refractivity (Wildman–Crippen MR) is 81.6 cm³/mol. The summed E-state index contributed by atoms with van der Waals surface area (Å²) in [6.45, 7) is 2.46. The van der Waals surface area contributed by atoms with Gasteiger partial charge in [-0.15, -0.1) is 0 Å². The van der Waals surface area contributed by atoms with Gasteiger partial charge in [-0.05, 0) is 24.5 Å². The fraction of sp³-hybridized carbons (Fsp3) is 0.333. The van der Waals surface area contributed by atoms with Crippen molar-refractivity contribution in [2.24, 2.45) is 0 Å². The van der Waals surface area contributed by atoms with Crippen molar-refractivity contribution in [2.45, 2.75) is 30.9 Å². The highest BCUT2D eigenvalue weighted by molar-refractivity contribution is 5.28. The van der Waals surface area contributed by atoms with Crippen LogP contribution in [0.15, 0.2) is 60.7 Å². The molecule has 0 aromatic heterocycles. The van der Waals surface area contributed by atoms with Gasteiger partial charge in [0.15, 0.2) is 0 Å². The summed E-state index contributed by atoms with van der Waals surface area (Å²) in [5.41, 5.74) is 1.54. The van der Waals surface area contributed by atoms with E-state index in [-0.39, 0.29) is 0 Å². The van der Waals surface area contributed by atoms with Crippen molar-refractivity contribution in [3.05, 3.63) is 71.8 Å².